The van der Waals surface area contributed by atoms with Gasteiger partial charge in [-0.3, -0.25) is 9.59 Å². The smallest absolute Gasteiger partial charge is 0.186 e. The van der Waals surface area contributed by atoms with E-state index in [1.165, 1.54) is 12.2 Å². The Kier molecular flexibility index (Phi) is 4.29. The van der Waals surface area contributed by atoms with Gasteiger partial charge in [0.25, 0.3) is 0 Å². The highest BCUT2D eigenvalue weighted by molar-refractivity contribution is 6.17. The second-order valence-corrected chi connectivity index (χ2v) is 4.66. The van der Waals surface area contributed by atoms with Crippen molar-refractivity contribution in [2.75, 3.05) is 0 Å². The Hall–Kier alpha value is -2.74. The largest absolute Gasteiger partial charge is 0.289 e. The lowest BCUT2D eigenvalue weighted by Crippen LogP contribution is -2.09. The van der Waals surface area contributed by atoms with Crippen LogP contribution in [-0.2, 0) is 0 Å². The molecule has 0 heterocycles. The molecule has 0 amide bonds. The van der Waals surface area contributed by atoms with Gasteiger partial charge in [0, 0.05) is 11.1 Å². The first kappa shape index (κ1) is 14.7. The molecule has 2 aromatic carbocycles. The van der Waals surface area contributed by atoms with Crippen LogP contribution in [0, 0.1) is 6.92 Å². The maximum Gasteiger partial charge on any atom is 0.186 e. The Labute approximate surface area is 124 Å². The number of rotatable bonds is 5. The van der Waals surface area contributed by atoms with Crippen LogP contribution in [0.2, 0.25) is 0 Å². The van der Waals surface area contributed by atoms with Crippen LogP contribution >= 0.6 is 0 Å². The van der Waals surface area contributed by atoms with E-state index in [4.69, 9.17) is 0 Å². The summed E-state index contributed by atoms with van der Waals surface area (Å²) in [4.78, 5) is 24.1. The van der Waals surface area contributed by atoms with E-state index in [1.807, 2.05) is 43.3 Å². The van der Waals surface area contributed by atoms with Crippen LogP contribution in [0.15, 0.2) is 67.8 Å². The Morgan fingerprint density at radius 1 is 0.905 bits per heavy atom. The standard InChI is InChI=1S/C19H16O2/c1-4-17(20)16-12-11-15(14-9-7-6-8-10-14)13(3)19(16)18(21)5-2/h4-12H,1-2H2,3H3. The topological polar surface area (TPSA) is 34.1 Å². The van der Waals surface area contributed by atoms with Gasteiger partial charge in [0.2, 0.25) is 0 Å². The highest BCUT2D eigenvalue weighted by Crippen LogP contribution is 2.28. The first-order valence-electron chi connectivity index (χ1n) is 6.62. The predicted octanol–water partition coefficient (Wildman–Crippen LogP) is 4.40. The fraction of sp³-hybridized carbons (Fsp3) is 0.0526. The van der Waals surface area contributed by atoms with Crippen molar-refractivity contribution in [3.8, 4) is 11.1 Å². The van der Waals surface area contributed by atoms with Crippen molar-refractivity contribution >= 4 is 11.6 Å². The molecule has 2 nitrogen and oxygen atoms in total. The minimum Gasteiger partial charge on any atom is -0.289 e. The number of hydrogen-bond donors (Lipinski definition) is 0. The molecule has 104 valence electrons. The van der Waals surface area contributed by atoms with Crippen molar-refractivity contribution in [1.29, 1.82) is 0 Å². The predicted molar refractivity (Wildman–Crippen MR) is 85.7 cm³/mol. The molecular formula is C19H16O2. The van der Waals surface area contributed by atoms with Crippen molar-refractivity contribution < 1.29 is 9.59 Å². The Morgan fingerprint density at radius 2 is 1.52 bits per heavy atom. The molecule has 0 atom stereocenters. The van der Waals surface area contributed by atoms with Crippen LogP contribution in [0.4, 0.5) is 0 Å². The number of allylic oxidation sites excluding steroid dienone is 2. The van der Waals surface area contributed by atoms with Crippen LogP contribution in [0.3, 0.4) is 0 Å². The first-order valence-corrected chi connectivity index (χ1v) is 6.62. The van der Waals surface area contributed by atoms with E-state index in [0.29, 0.717) is 11.1 Å². The van der Waals surface area contributed by atoms with E-state index in [2.05, 4.69) is 13.2 Å². The van der Waals surface area contributed by atoms with E-state index >= 15 is 0 Å². The highest BCUT2D eigenvalue weighted by Gasteiger charge is 2.18. The fourth-order valence-electron chi connectivity index (χ4n) is 2.38. The van der Waals surface area contributed by atoms with Crippen LogP contribution < -0.4 is 0 Å². The van der Waals surface area contributed by atoms with Gasteiger partial charge in [-0.2, -0.15) is 0 Å². The molecule has 2 aromatic rings. The Morgan fingerprint density at radius 3 is 2.10 bits per heavy atom. The second kappa shape index (κ2) is 6.14. The van der Waals surface area contributed by atoms with Crippen molar-refractivity contribution in [3.63, 3.8) is 0 Å². The average molecular weight is 276 g/mol. The Bertz CT molecular complexity index is 725. The average Bonchev–Trinajstić information content (AvgIpc) is 2.53. The molecule has 2 rings (SSSR count). The molecule has 0 saturated heterocycles. The molecule has 0 N–H and O–H groups in total. The maximum absolute atomic E-state index is 12.2. The number of carbonyl (C=O) groups is 2. The van der Waals surface area contributed by atoms with Gasteiger partial charge >= 0.3 is 0 Å². The van der Waals surface area contributed by atoms with E-state index in [0.717, 1.165) is 16.7 Å². The SMILES string of the molecule is C=CC(=O)c1ccc(-c2ccccc2)c(C)c1C(=O)C=C. The van der Waals surface area contributed by atoms with Gasteiger partial charge in [0.1, 0.15) is 0 Å². The normalized spacial score (nSPS) is 9.95. The van der Waals surface area contributed by atoms with Gasteiger partial charge in [-0.05, 0) is 41.8 Å². The Balaban J connectivity index is 2.73. The number of ketones is 2. The fourth-order valence-corrected chi connectivity index (χ4v) is 2.38. The van der Waals surface area contributed by atoms with Gasteiger partial charge in [-0.25, -0.2) is 0 Å². The summed E-state index contributed by atoms with van der Waals surface area (Å²) in [6, 6.07) is 13.3. The third kappa shape index (κ3) is 2.75. The monoisotopic (exact) mass is 276 g/mol. The van der Waals surface area contributed by atoms with Crippen molar-refractivity contribution in [2.45, 2.75) is 6.92 Å². The molecule has 0 aliphatic rings. The zero-order valence-corrected chi connectivity index (χ0v) is 11.9. The summed E-state index contributed by atoms with van der Waals surface area (Å²) in [7, 11) is 0. The van der Waals surface area contributed by atoms with E-state index in [1.54, 1.807) is 6.07 Å². The molecule has 0 aliphatic carbocycles. The number of hydrogen-bond acceptors (Lipinski definition) is 2. The molecule has 0 saturated carbocycles. The van der Waals surface area contributed by atoms with Gasteiger partial charge in [0.05, 0.1) is 0 Å². The second-order valence-electron chi connectivity index (χ2n) is 4.66. The van der Waals surface area contributed by atoms with Crippen LogP contribution in [0.1, 0.15) is 26.3 Å². The van der Waals surface area contributed by atoms with Crippen molar-refractivity contribution in [2.24, 2.45) is 0 Å². The van der Waals surface area contributed by atoms with Crippen LogP contribution in [0.25, 0.3) is 11.1 Å². The maximum atomic E-state index is 12.2. The molecule has 0 aliphatic heterocycles. The van der Waals surface area contributed by atoms with E-state index < -0.39 is 0 Å². The summed E-state index contributed by atoms with van der Waals surface area (Å²) >= 11 is 0. The molecule has 0 unspecified atom stereocenters. The van der Waals surface area contributed by atoms with Crippen LogP contribution in [0.5, 0.6) is 0 Å². The van der Waals surface area contributed by atoms with Crippen molar-refractivity contribution in [3.05, 3.63) is 84.5 Å². The minimum atomic E-state index is -0.261. The first-order chi connectivity index (χ1) is 10.1. The number of carbonyl (C=O) groups excluding carboxylic acids is 2. The molecule has 0 bridgehead atoms. The van der Waals surface area contributed by atoms with Gasteiger partial charge in [-0.15, -0.1) is 0 Å². The van der Waals surface area contributed by atoms with Crippen LogP contribution in [-0.4, -0.2) is 11.6 Å². The third-order valence-electron chi connectivity index (χ3n) is 3.43. The summed E-state index contributed by atoms with van der Waals surface area (Å²) in [6.07, 6.45) is 2.45. The highest BCUT2D eigenvalue weighted by atomic mass is 16.1. The quantitative estimate of drug-likeness (QED) is 0.599. The number of benzene rings is 2. The van der Waals surface area contributed by atoms with Gasteiger partial charge in [-0.1, -0.05) is 49.6 Å². The molecule has 0 radical (unpaired) electrons. The zero-order valence-electron chi connectivity index (χ0n) is 11.9. The molecule has 0 spiro atoms. The van der Waals surface area contributed by atoms with Gasteiger partial charge in [0.15, 0.2) is 11.6 Å². The summed E-state index contributed by atoms with van der Waals surface area (Å²) in [5, 5.41) is 0. The molecule has 2 heteroatoms. The zero-order chi connectivity index (χ0) is 15.4. The molecule has 0 fully saturated rings. The lowest BCUT2D eigenvalue weighted by atomic mass is 9.89. The summed E-state index contributed by atoms with van der Waals surface area (Å²) in [6.45, 7) is 8.85. The van der Waals surface area contributed by atoms with Gasteiger partial charge < -0.3 is 0 Å². The van der Waals surface area contributed by atoms with E-state index in [9.17, 15) is 9.59 Å². The third-order valence-corrected chi connectivity index (χ3v) is 3.43. The molecule has 21 heavy (non-hydrogen) atoms. The van der Waals surface area contributed by atoms with Crippen molar-refractivity contribution in [1.82, 2.24) is 0 Å². The lowest BCUT2D eigenvalue weighted by molar-refractivity contribution is 0.101. The summed E-state index contributed by atoms with van der Waals surface area (Å²) < 4.78 is 0. The summed E-state index contributed by atoms with van der Waals surface area (Å²) in [5.74, 6) is -0.515. The summed E-state index contributed by atoms with van der Waals surface area (Å²) in [5.41, 5.74) is 3.48. The molecular weight excluding hydrogens is 260 g/mol. The van der Waals surface area contributed by atoms with E-state index in [-0.39, 0.29) is 11.6 Å². The lowest BCUT2D eigenvalue weighted by Gasteiger charge is -2.13. The minimum absolute atomic E-state index is 0.254. The molecule has 0 aromatic heterocycles.